The van der Waals surface area contributed by atoms with Gasteiger partial charge < -0.3 is 5.11 Å². The van der Waals surface area contributed by atoms with Crippen LogP contribution in [-0.4, -0.2) is 11.1 Å². The van der Waals surface area contributed by atoms with Crippen LogP contribution in [0.2, 0.25) is 0 Å². The Morgan fingerprint density at radius 1 is 1.55 bits per heavy atom. The first-order valence-electron chi connectivity index (χ1n) is 3.58. The van der Waals surface area contributed by atoms with Crippen molar-refractivity contribution >= 4 is 29.9 Å². The Morgan fingerprint density at radius 2 is 2.09 bits per heavy atom. The van der Waals surface area contributed by atoms with Gasteiger partial charge in [-0.1, -0.05) is 25.8 Å². The summed E-state index contributed by atoms with van der Waals surface area (Å²) in [6.07, 6.45) is 4.84. The minimum atomic E-state index is -0.809. The normalized spacial score (nSPS) is 10.5. The van der Waals surface area contributed by atoms with Crippen molar-refractivity contribution in [3.63, 3.8) is 0 Å². The summed E-state index contributed by atoms with van der Waals surface area (Å²) in [6.45, 7) is 3.71. The van der Waals surface area contributed by atoms with Gasteiger partial charge in [0.05, 0.1) is 0 Å². The third-order valence-electron chi connectivity index (χ3n) is 1.35. The Morgan fingerprint density at radius 3 is 2.45 bits per heavy atom. The monoisotopic (exact) mass is 270 g/mol. The summed E-state index contributed by atoms with van der Waals surface area (Å²) in [5, 5.41) is 8.41. The van der Waals surface area contributed by atoms with Crippen LogP contribution >= 0.6 is 24.0 Å². The molecule has 0 heterocycles. The van der Waals surface area contributed by atoms with Gasteiger partial charge >= 0.3 is 5.97 Å². The molecule has 11 heavy (non-hydrogen) atoms. The second-order valence-corrected chi connectivity index (χ2v) is 2.33. The Hall–Kier alpha value is -0.0600. The maximum Gasteiger partial charge on any atom is 0.330 e. The van der Waals surface area contributed by atoms with Crippen LogP contribution in [0.4, 0.5) is 0 Å². The molecule has 0 radical (unpaired) electrons. The molecule has 0 aromatic rings. The lowest BCUT2D eigenvalue weighted by molar-refractivity contribution is -0.132. The molecule has 66 valence electrons. The number of aliphatic carboxylic acids is 1. The largest absolute Gasteiger partial charge is 0.478 e. The fraction of sp³-hybridized carbons (Fsp3) is 0.625. The van der Waals surface area contributed by atoms with Gasteiger partial charge in [0.1, 0.15) is 0 Å². The van der Waals surface area contributed by atoms with Crippen LogP contribution in [0, 0.1) is 0 Å². The third kappa shape index (κ3) is 7.84. The number of rotatable bonds is 4. The summed E-state index contributed by atoms with van der Waals surface area (Å²) in [7, 11) is 0. The molecule has 0 saturated carbocycles. The molecular weight excluding hydrogens is 255 g/mol. The fourth-order valence-electron chi connectivity index (χ4n) is 0.610. The van der Waals surface area contributed by atoms with Crippen molar-refractivity contribution in [1.82, 2.24) is 0 Å². The van der Waals surface area contributed by atoms with Crippen LogP contribution in [0.25, 0.3) is 0 Å². The summed E-state index contributed by atoms with van der Waals surface area (Å²) in [5.74, 6) is -0.809. The number of carboxylic acids is 1. The number of halogens is 1. The van der Waals surface area contributed by atoms with E-state index in [0.29, 0.717) is 5.57 Å². The van der Waals surface area contributed by atoms with Gasteiger partial charge in [0.25, 0.3) is 0 Å². The van der Waals surface area contributed by atoms with Crippen LogP contribution in [0.15, 0.2) is 11.6 Å². The number of hydrogen-bond acceptors (Lipinski definition) is 1. The highest BCUT2D eigenvalue weighted by Gasteiger charge is 1.96. The summed E-state index contributed by atoms with van der Waals surface area (Å²) in [6, 6.07) is 0. The molecular formula is C8H15IO2. The Labute approximate surface area is 84.7 Å². The third-order valence-corrected chi connectivity index (χ3v) is 1.35. The van der Waals surface area contributed by atoms with E-state index in [2.05, 4.69) is 6.92 Å². The summed E-state index contributed by atoms with van der Waals surface area (Å²) in [5.41, 5.74) is 0.452. The van der Waals surface area contributed by atoms with Gasteiger partial charge in [-0.3, -0.25) is 0 Å². The molecule has 0 saturated heterocycles. The topological polar surface area (TPSA) is 37.3 Å². The SMILES string of the molecule is CCCCC=C(C)C(=O)O.I. The number of carboxylic acid groups (broad SMARTS) is 1. The lowest BCUT2D eigenvalue weighted by atomic mass is 10.2. The van der Waals surface area contributed by atoms with Crippen molar-refractivity contribution < 1.29 is 9.90 Å². The fourth-order valence-corrected chi connectivity index (χ4v) is 0.610. The summed E-state index contributed by atoms with van der Waals surface area (Å²) >= 11 is 0. The zero-order valence-electron chi connectivity index (χ0n) is 6.96. The first-order valence-corrected chi connectivity index (χ1v) is 3.58. The molecule has 0 aliphatic heterocycles. The van der Waals surface area contributed by atoms with Crippen molar-refractivity contribution in [2.45, 2.75) is 33.1 Å². The minimum Gasteiger partial charge on any atom is -0.478 e. The van der Waals surface area contributed by atoms with E-state index in [1.54, 1.807) is 13.0 Å². The molecule has 0 atom stereocenters. The number of allylic oxidation sites excluding steroid dienone is 1. The molecule has 0 amide bonds. The average molecular weight is 270 g/mol. The van der Waals surface area contributed by atoms with Crippen molar-refractivity contribution in [3.8, 4) is 0 Å². The molecule has 0 rings (SSSR count). The highest BCUT2D eigenvalue weighted by atomic mass is 127. The molecule has 0 unspecified atom stereocenters. The van der Waals surface area contributed by atoms with E-state index in [0.717, 1.165) is 19.3 Å². The van der Waals surface area contributed by atoms with Crippen molar-refractivity contribution in [1.29, 1.82) is 0 Å². The van der Waals surface area contributed by atoms with Gasteiger partial charge in [0.2, 0.25) is 0 Å². The zero-order chi connectivity index (χ0) is 7.98. The van der Waals surface area contributed by atoms with E-state index in [-0.39, 0.29) is 24.0 Å². The highest BCUT2D eigenvalue weighted by molar-refractivity contribution is 14.0. The van der Waals surface area contributed by atoms with Crippen LogP contribution in [0.1, 0.15) is 33.1 Å². The van der Waals surface area contributed by atoms with Crippen molar-refractivity contribution in [2.75, 3.05) is 0 Å². The van der Waals surface area contributed by atoms with Gasteiger partial charge in [-0.25, -0.2) is 4.79 Å². The lowest BCUT2D eigenvalue weighted by Gasteiger charge is -1.91. The van der Waals surface area contributed by atoms with Crippen LogP contribution in [0.5, 0.6) is 0 Å². The maximum atomic E-state index is 10.2. The van der Waals surface area contributed by atoms with Crippen LogP contribution < -0.4 is 0 Å². The molecule has 0 spiro atoms. The van der Waals surface area contributed by atoms with E-state index in [1.165, 1.54) is 0 Å². The Bertz CT molecular complexity index is 141. The molecule has 0 bridgehead atoms. The van der Waals surface area contributed by atoms with Gasteiger partial charge in [0, 0.05) is 5.57 Å². The molecule has 0 aromatic carbocycles. The van der Waals surface area contributed by atoms with E-state index < -0.39 is 5.97 Å². The van der Waals surface area contributed by atoms with Crippen LogP contribution in [-0.2, 0) is 4.79 Å². The van der Waals surface area contributed by atoms with E-state index in [1.807, 2.05) is 0 Å². The molecule has 0 aliphatic rings. The van der Waals surface area contributed by atoms with Crippen molar-refractivity contribution in [3.05, 3.63) is 11.6 Å². The summed E-state index contributed by atoms with van der Waals surface area (Å²) < 4.78 is 0. The standard InChI is InChI=1S/C8H14O2.HI/c1-3-4-5-6-7(2)8(9)10;/h6H,3-5H2,1-2H3,(H,9,10);1H. The first-order chi connectivity index (χ1) is 4.68. The molecule has 0 aromatic heterocycles. The molecule has 2 nitrogen and oxygen atoms in total. The number of carbonyl (C=O) groups is 1. The number of hydrogen-bond donors (Lipinski definition) is 1. The minimum absolute atomic E-state index is 0. The smallest absolute Gasteiger partial charge is 0.330 e. The molecule has 0 aliphatic carbocycles. The predicted octanol–water partition coefficient (Wildman–Crippen LogP) is 2.83. The second-order valence-electron chi connectivity index (χ2n) is 2.33. The van der Waals surface area contributed by atoms with Gasteiger partial charge in [0.15, 0.2) is 0 Å². The predicted molar refractivity (Wildman–Crippen MR) is 56.3 cm³/mol. The molecule has 0 fully saturated rings. The number of unbranched alkanes of at least 4 members (excludes halogenated alkanes) is 2. The van der Waals surface area contributed by atoms with E-state index >= 15 is 0 Å². The second kappa shape index (κ2) is 8.04. The molecule has 3 heteroatoms. The average Bonchev–Trinajstić information content (AvgIpc) is 1.88. The maximum absolute atomic E-state index is 10.2. The van der Waals surface area contributed by atoms with Gasteiger partial charge in [-0.15, -0.1) is 24.0 Å². The van der Waals surface area contributed by atoms with E-state index in [9.17, 15) is 4.79 Å². The van der Waals surface area contributed by atoms with Crippen LogP contribution in [0.3, 0.4) is 0 Å². The van der Waals surface area contributed by atoms with Gasteiger partial charge in [-0.05, 0) is 13.3 Å². The Kier molecular flexibility index (Phi) is 9.89. The highest BCUT2D eigenvalue weighted by Crippen LogP contribution is 2.00. The lowest BCUT2D eigenvalue weighted by Crippen LogP contribution is -1.95. The quantitative estimate of drug-likeness (QED) is 0.484. The Balaban J connectivity index is 0. The summed E-state index contributed by atoms with van der Waals surface area (Å²) in [4.78, 5) is 10.2. The van der Waals surface area contributed by atoms with E-state index in [4.69, 9.17) is 5.11 Å². The van der Waals surface area contributed by atoms with Crippen molar-refractivity contribution in [2.24, 2.45) is 0 Å². The molecule has 1 N–H and O–H groups in total. The van der Waals surface area contributed by atoms with Gasteiger partial charge in [-0.2, -0.15) is 0 Å². The first kappa shape index (κ1) is 13.5. The zero-order valence-corrected chi connectivity index (χ0v) is 9.29.